The van der Waals surface area contributed by atoms with Crippen LogP contribution < -0.4 is 5.73 Å². The highest BCUT2D eigenvalue weighted by molar-refractivity contribution is 7.12. The topological polar surface area (TPSA) is 38.5 Å². The third kappa shape index (κ3) is 3.07. The summed E-state index contributed by atoms with van der Waals surface area (Å²) < 4.78 is 5.51. The van der Waals surface area contributed by atoms with Crippen molar-refractivity contribution < 1.29 is 4.74 Å². The molecule has 0 radical (unpaired) electrons. The fourth-order valence-electron chi connectivity index (χ4n) is 2.53. The summed E-state index contributed by atoms with van der Waals surface area (Å²) in [6, 6.07) is 2.66. The van der Waals surface area contributed by atoms with Gasteiger partial charge in [0.15, 0.2) is 0 Å². The van der Waals surface area contributed by atoms with Crippen LogP contribution in [0, 0.1) is 13.8 Å². The third-order valence-electron chi connectivity index (χ3n) is 3.36. The van der Waals surface area contributed by atoms with Gasteiger partial charge < -0.3 is 10.5 Å². The average Bonchev–Trinajstić information content (AvgIpc) is 2.55. The van der Waals surface area contributed by atoms with Crippen molar-refractivity contribution in [3.05, 3.63) is 21.4 Å². The van der Waals surface area contributed by atoms with E-state index < -0.39 is 0 Å². The molecule has 0 amide bonds. The molecular formula is C13H22N2OS. The predicted octanol–water partition coefficient (Wildman–Crippen LogP) is 2.09. The Hall–Kier alpha value is -0.420. The quantitative estimate of drug-likeness (QED) is 0.897. The first-order chi connectivity index (χ1) is 8.22. The number of rotatable bonds is 3. The van der Waals surface area contributed by atoms with Gasteiger partial charge in [0.2, 0.25) is 0 Å². The summed E-state index contributed by atoms with van der Waals surface area (Å²) in [6.07, 6.45) is 1.11. The van der Waals surface area contributed by atoms with Gasteiger partial charge in [-0.15, -0.1) is 11.3 Å². The lowest BCUT2D eigenvalue weighted by Gasteiger charge is -2.29. The number of hydrogen-bond acceptors (Lipinski definition) is 4. The van der Waals surface area contributed by atoms with Crippen LogP contribution in [0.4, 0.5) is 0 Å². The number of hydrogen-bond donors (Lipinski definition) is 1. The smallest absolute Gasteiger partial charge is 0.0593 e. The van der Waals surface area contributed by atoms with Crippen molar-refractivity contribution in [3.63, 3.8) is 0 Å². The standard InChI is InChI=1S/C13H22N2OS/c1-10-8-12(11(2)17-10)13(9-14)15-4-3-6-16-7-5-15/h8,13H,3-7,9,14H2,1-2H3. The summed E-state index contributed by atoms with van der Waals surface area (Å²) >= 11 is 1.87. The maximum absolute atomic E-state index is 5.99. The second-order valence-electron chi connectivity index (χ2n) is 4.62. The molecule has 4 heteroatoms. The van der Waals surface area contributed by atoms with Crippen molar-refractivity contribution in [1.82, 2.24) is 4.90 Å². The molecule has 2 heterocycles. The minimum Gasteiger partial charge on any atom is -0.380 e. The van der Waals surface area contributed by atoms with Crippen LogP contribution in [0.3, 0.4) is 0 Å². The predicted molar refractivity (Wildman–Crippen MR) is 72.6 cm³/mol. The van der Waals surface area contributed by atoms with Crippen molar-refractivity contribution >= 4 is 11.3 Å². The van der Waals surface area contributed by atoms with E-state index in [-0.39, 0.29) is 0 Å². The van der Waals surface area contributed by atoms with Crippen molar-refractivity contribution in [1.29, 1.82) is 0 Å². The van der Waals surface area contributed by atoms with Crippen LogP contribution in [-0.2, 0) is 4.74 Å². The molecule has 3 nitrogen and oxygen atoms in total. The first-order valence-electron chi connectivity index (χ1n) is 6.31. The van der Waals surface area contributed by atoms with Crippen LogP contribution in [0.25, 0.3) is 0 Å². The minimum atomic E-state index is 0.363. The Morgan fingerprint density at radius 1 is 1.41 bits per heavy atom. The second kappa shape index (κ2) is 5.96. The monoisotopic (exact) mass is 254 g/mol. The first-order valence-corrected chi connectivity index (χ1v) is 7.13. The van der Waals surface area contributed by atoms with Crippen LogP contribution in [-0.4, -0.2) is 37.7 Å². The molecule has 1 aliphatic rings. The molecule has 1 aliphatic heterocycles. The molecule has 1 atom stereocenters. The molecule has 96 valence electrons. The van der Waals surface area contributed by atoms with E-state index in [0.29, 0.717) is 12.6 Å². The lowest BCUT2D eigenvalue weighted by molar-refractivity contribution is 0.132. The molecule has 1 unspecified atom stereocenters. The minimum absolute atomic E-state index is 0.363. The van der Waals surface area contributed by atoms with Crippen molar-refractivity contribution in [3.8, 4) is 0 Å². The van der Waals surface area contributed by atoms with Gasteiger partial charge in [-0.05, 0) is 31.9 Å². The van der Waals surface area contributed by atoms with Gasteiger partial charge in [0.25, 0.3) is 0 Å². The zero-order valence-corrected chi connectivity index (χ0v) is 11.6. The Labute approximate surface area is 108 Å². The summed E-state index contributed by atoms with van der Waals surface area (Å²) in [5, 5.41) is 0. The average molecular weight is 254 g/mol. The summed E-state index contributed by atoms with van der Waals surface area (Å²) in [6.45, 7) is 8.86. The van der Waals surface area contributed by atoms with Gasteiger partial charge in [0, 0.05) is 42.0 Å². The molecule has 2 N–H and O–H groups in total. The van der Waals surface area contributed by atoms with Crippen LogP contribution in [0.1, 0.15) is 27.8 Å². The molecule has 0 aliphatic carbocycles. The number of ether oxygens (including phenoxy) is 1. The highest BCUT2D eigenvalue weighted by Gasteiger charge is 2.22. The van der Waals surface area contributed by atoms with Gasteiger partial charge >= 0.3 is 0 Å². The molecule has 0 aromatic carbocycles. The Balaban J connectivity index is 2.16. The van der Waals surface area contributed by atoms with E-state index in [1.807, 2.05) is 11.3 Å². The van der Waals surface area contributed by atoms with Crippen LogP contribution in [0.5, 0.6) is 0 Å². The molecule has 2 rings (SSSR count). The number of nitrogens with zero attached hydrogens (tertiary/aromatic N) is 1. The highest BCUT2D eigenvalue weighted by atomic mass is 32.1. The van der Waals surface area contributed by atoms with Gasteiger partial charge in [0.05, 0.1) is 6.61 Å². The van der Waals surface area contributed by atoms with Gasteiger partial charge in [0.1, 0.15) is 0 Å². The Morgan fingerprint density at radius 3 is 2.88 bits per heavy atom. The van der Waals surface area contributed by atoms with Gasteiger partial charge in [-0.2, -0.15) is 0 Å². The fourth-order valence-corrected chi connectivity index (χ4v) is 3.51. The summed E-state index contributed by atoms with van der Waals surface area (Å²) in [5.74, 6) is 0. The fraction of sp³-hybridized carbons (Fsp3) is 0.692. The molecular weight excluding hydrogens is 232 g/mol. The van der Waals surface area contributed by atoms with E-state index in [1.54, 1.807) is 0 Å². The zero-order valence-electron chi connectivity index (χ0n) is 10.7. The van der Waals surface area contributed by atoms with Crippen molar-refractivity contribution in [2.45, 2.75) is 26.3 Å². The molecule has 1 aromatic heterocycles. The van der Waals surface area contributed by atoms with E-state index in [2.05, 4.69) is 24.8 Å². The summed E-state index contributed by atoms with van der Waals surface area (Å²) in [4.78, 5) is 5.26. The first kappa shape index (κ1) is 13.0. The van der Waals surface area contributed by atoms with Crippen LogP contribution >= 0.6 is 11.3 Å². The number of nitrogens with two attached hydrogens (primary N) is 1. The molecule has 1 aromatic rings. The molecule has 17 heavy (non-hydrogen) atoms. The van der Waals surface area contributed by atoms with E-state index in [1.165, 1.54) is 15.3 Å². The summed E-state index contributed by atoms with van der Waals surface area (Å²) in [7, 11) is 0. The zero-order chi connectivity index (χ0) is 12.3. The lowest BCUT2D eigenvalue weighted by atomic mass is 10.1. The van der Waals surface area contributed by atoms with Gasteiger partial charge in [-0.25, -0.2) is 0 Å². The summed E-state index contributed by atoms with van der Waals surface area (Å²) in [5.41, 5.74) is 7.40. The normalized spacial score (nSPS) is 20.2. The lowest BCUT2D eigenvalue weighted by Crippen LogP contribution is -2.35. The number of aryl methyl sites for hydroxylation is 2. The highest BCUT2D eigenvalue weighted by Crippen LogP contribution is 2.30. The molecule has 0 bridgehead atoms. The molecule has 1 saturated heterocycles. The van der Waals surface area contributed by atoms with E-state index >= 15 is 0 Å². The molecule has 0 saturated carbocycles. The van der Waals surface area contributed by atoms with Gasteiger partial charge in [-0.1, -0.05) is 0 Å². The van der Waals surface area contributed by atoms with Crippen LogP contribution in [0.15, 0.2) is 6.07 Å². The van der Waals surface area contributed by atoms with E-state index in [0.717, 1.165) is 32.7 Å². The number of thiophene rings is 1. The van der Waals surface area contributed by atoms with E-state index in [9.17, 15) is 0 Å². The van der Waals surface area contributed by atoms with E-state index in [4.69, 9.17) is 10.5 Å². The molecule has 1 fully saturated rings. The molecule has 0 spiro atoms. The van der Waals surface area contributed by atoms with Crippen LogP contribution in [0.2, 0.25) is 0 Å². The SMILES string of the molecule is Cc1cc(C(CN)N2CCCOCC2)c(C)s1. The maximum Gasteiger partial charge on any atom is 0.0593 e. The second-order valence-corrected chi connectivity index (χ2v) is 6.08. The van der Waals surface area contributed by atoms with Crippen molar-refractivity contribution in [2.75, 3.05) is 32.8 Å². The Morgan fingerprint density at radius 2 is 2.24 bits per heavy atom. The maximum atomic E-state index is 5.99. The Kier molecular flexibility index (Phi) is 4.56. The van der Waals surface area contributed by atoms with Crippen molar-refractivity contribution in [2.24, 2.45) is 5.73 Å². The third-order valence-corrected chi connectivity index (χ3v) is 4.34. The van der Waals surface area contributed by atoms with Gasteiger partial charge in [-0.3, -0.25) is 4.90 Å². The largest absolute Gasteiger partial charge is 0.380 e. The Bertz CT molecular complexity index is 356.